The number of para-hydroxylation sites is 1. The number of ether oxygens (including phenoxy) is 1. The zero-order chi connectivity index (χ0) is 17.7. The van der Waals surface area contributed by atoms with Crippen molar-refractivity contribution in [3.8, 4) is 5.75 Å². The molecule has 0 saturated heterocycles. The first-order chi connectivity index (χ1) is 11.4. The lowest BCUT2D eigenvalue weighted by Crippen LogP contribution is -2.34. The van der Waals surface area contributed by atoms with Gasteiger partial charge in [-0.05, 0) is 6.07 Å². The topological polar surface area (TPSA) is 62.7 Å². The van der Waals surface area contributed by atoms with E-state index < -0.39 is 0 Å². The lowest BCUT2D eigenvalue weighted by molar-refractivity contribution is 0.0708. The van der Waals surface area contributed by atoms with Gasteiger partial charge in [-0.2, -0.15) is 0 Å². The number of methoxy groups -OCH3 is 1. The van der Waals surface area contributed by atoms with E-state index in [-0.39, 0.29) is 24.5 Å². The normalized spacial score (nSPS) is 11.4. The van der Waals surface area contributed by atoms with Gasteiger partial charge in [0.2, 0.25) is 0 Å². The van der Waals surface area contributed by atoms with E-state index in [2.05, 4.69) is 4.98 Å². The summed E-state index contributed by atoms with van der Waals surface area (Å²) in [7, 11) is 1.61. The van der Waals surface area contributed by atoms with Crippen LogP contribution in [0, 0.1) is 0 Å². The van der Waals surface area contributed by atoms with Crippen molar-refractivity contribution < 1.29 is 14.6 Å². The number of thiazole rings is 1. The summed E-state index contributed by atoms with van der Waals surface area (Å²) >= 11 is 1.34. The van der Waals surface area contributed by atoms with Crippen LogP contribution in [-0.4, -0.2) is 41.2 Å². The highest BCUT2D eigenvalue weighted by Gasteiger charge is 2.28. The smallest absolute Gasteiger partial charge is 0.266 e. The number of benzene rings is 1. The molecule has 0 bridgehead atoms. The van der Waals surface area contributed by atoms with E-state index in [1.165, 1.54) is 11.3 Å². The Morgan fingerprint density at radius 1 is 1.33 bits per heavy atom. The first-order valence-corrected chi connectivity index (χ1v) is 8.72. The van der Waals surface area contributed by atoms with Crippen molar-refractivity contribution in [2.45, 2.75) is 32.7 Å². The fraction of sp³-hybridized carbons (Fsp3) is 0.444. The number of aliphatic hydroxyl groups excluding tert-OH is 1. The number of carbonyl (C=O) groups is 1. The second-order valence-electron chi connectivity index (χ2n) is 6.54. The molecule has 1 heterocycles. The molecule has 2 rings (SSSR count). The minimum atomic E-state index is -0.208. The van der Waals surface area contributed by atoms with Gasteiger partial charge in [-0.3, -0.25) is 4.79 Å². The van der Waals surface area contributed by atoms with Crippen LogP contribution < -0.4 is 4.74 Å². The fourth-order valence-corrected chi connectivity index (χ4v) is 3.45. The average Bonchev–Trinajstić information content (AvgIpc) is 3.04. The zero-order valence-electron chi connectivity index (χ0n) is 14.6. The van der Waals surface area contributed by atoms with Crippen LogP contribution in [0.25, 0.3) is 0 Å². The SMILES string of the molecule is COc1ccccc1CN(CCO)C(=O)c1scnc1C(C)(C)C. The van der Waals surface area contributed by atoms with Gasteiger partial charge in [0.1, 0.15) is 10.6 Å². The predicted octanol–water partition coefficient (Wildman–Crippen LogP) is 3.08. The quantitative estimate of drug-likeness (QED) is 0.871. The van der Waals surface area contributed by atoms with E-state index in [0.29, 0.717) is 11.4 Å². The van der Waals surface area contributed by atoms with Crippen LogP contribution >= 0.6 is 11.3 Å². The lowest BCUT2D eigenvalue weighted by Gasteiger charge is -2.24. The molecule has 130 valence electrons. The van der Waals surface area contributed by atoms with Crippen LogP contribution in [-0.2, 0) is 12.0 Å². The van der Waals surface area contributed by atoms with Gasteiger partial charge < -0.3 is 14.7 Å². The van der Waals surface area contributed by atoms with E-state index in [0.717, 1.165) is 17.0 Å². The van der Waals surface area contributed by atoms with Crippen LogP contribution in [0.2, 0.25) is 0 Å². The molecule has 0 aliphatic heterocycles. The Bertz CT molecular complexity index is 692. The Hall–Kier alpha value is -1.92. The Morgan fingerprint density at radius 3 is 2.67 bits per heavy atom. The van der Waals surface area contributed by atoms with Crippen molar-refractivity contribution in [2.24, 2.45) is 0 Å². The standard InChI is InChI=1S/C18H24N2O3S/c1-18(2,3)16-15(24-12-19-16)17(22)20(9-10-21)11-13-7-5-6-8-14(13)23-4/h5-8,12,21H,9-11H2,1-4H3. The van der Waals surface area contributed by atoms with Gasteiger partial charge in [0.05, 0.1) is 24.9 Å². The van der Waals surface area contributed by atoms with Crippen molar-refractivity contribution in [2.75, 3.05) is 20.3 Å². The molecule has 0 saturated carbocycles. The summed E-state index contributed by atoms with van der Waals surface area (Å²) in [5, 5.41) is 9.38. The second kappa shape index (κ2) is 7.77. The van der Waals surface area contributed by atoms with Crippen molar-refractivity contribution >= 4 is 17.2 Å². The molecule has 0 radical (unpaired) electrons. The number of carbonyl (C=O) groups excluding carboxylic acids is 1. The highest BCUT2D eigenvalue weighted by Crippen LogP contribution is 2.29. The number of hydrogen-bond acceptors (Lipinski definition) is 5. The van der Waals surface area contributed by atoms with Gasteiger partial charge in [0, 0.05) is 24.1 Å². The van der Waals surface area contributed by atoms with Crippen LogP contribution in [0.1, 0.15) is 41.7 Å². The monoisotopic (exact) mass is 348 g/mol. The Labute approximate surface area is 146 Å². The minimum absolute atomic E-state index is 0.0927. The summed E-state index contributed by atoms with van der Waals surface area (Å²) in [4.78, 5) is 19.7. The molecule has 0 fully saturated rings. The molecule has 0 atom stereocenters. The zero-order valence-corrected chi connectivity index (χ0v) is 15.4. The average molecular weight is 348 g/mol. The molecule has 1 N–H and O–H groups in total. The molecule has 6 heteroatoms. The van der Waals surface area contributed by atoms with Gasteiger partial charge >= 0.3 is 0 Å². The first kappa shape index (κ1) is 18.4. The van der Waals surface area contributed by atoms with Crippen LogP contribution in [0.4, 0.5) is 0 Å². The number of aromatic nitrogens is 1. The number of aliphatic hydroxyl groups is 1. The third-order valence-corrected chi connectivity index (χ3v) is 4.50. The Kier molecular flexibility index (Phi) is 5.96. The van der Waals surface area contributed by atoms with Gasteiger partial charge in [-0.1, -0.05) is 39.0 Å². The van der Waals surface area contributed by atoms with E-state index in [1.54, 1.807) is 17.5 Å². The molecule has 1 amide bonds. The third-order valence-electron chi connectivity index (χ3n) is 3.68. The maximum atomic E-state index is 13.0. The number of nitrogens with zero attached hydrogens (tertiary/aromatic N) is 2. The maximum Gasteiger partial charge on any atom is 0.266 e. The summed E-state index contributed by atoms with van der Waals surface area (Å²) < 4.78 is 5.36. The molecule has 5 nitrogen and oxygen atoms in total. The maximum absolute atomic E-state index is 13.0. The van der Waals surface area contributed by atoms with Gasteiger partial charge in [-0.15, -0.1) is 11.3 Å². The molecule has 2 aromatic rings. The predicted molar refractivity (Wildman–Crippen MR) is 95.6 cm³/mol. The molecule has 1 aromatic carbocycles. The minimum Gasteiger partial charge on any atom is -0.496 e. The highest BCUT2D eigenvalue weighted by molar-refractivity contribution is 7.11. The molecule has 0 aliphatic rings. The van der Waals surface area contributed by atoms with E-state index >= 15 is 0 Å². The summed E-state index contributed by atoms with van der Waals surface area (Å²) in [6, 6.07) is 7.59. The van der Waals surface area contributed by atoms with Gasteiger partial charge in [-0.25, -0.2) is 4.98 Å². The molecule has 1 aromatic heterocycles. The third kappa shape index (κ3) is 4.13. The lowest BCUT2D eigenvalue weighted by atomic mass is 9.91. The summed E-state index contributed by atoms with van der Waals surface area (Å²) in [5.41, 5.74) is 3.19. The van der Waals surface area contributed by atoms with E-state index in [9.17, 15) is 9.90 Å². The van der Waals surface area contributed by atoms with E-state index in [4.69, 9.17) is 4.74 Å². The second-order valence-corrected chi connectivity index (χ2v) is 7.40. The largest absolute Gasteiger partial charge is 0.496 e. The number of hydrogen-bond donors (Lipinski definition) is 1. The Balaban J connectivity index is 2.31. The number of amides is 1. The molecule has 0 aliphatic carbocycles. The van der Waals surface area contributed by atoms with Crippen LogP contribution in [0.3, 0.4) is 0 Å². The highest BCUT2D eigenvalue weighted by atomic mass is 32.1. The Morgan fingerprint density at radius 2 is 2.04 bits per heavy atom. The molecular weight excluding hydrogens is 324 g/mol. The molecule has 0 unspecified atom stereocenters. The van der Waals surface area contributed by atoms with Crippen molar-refractivity contribution in [3.63, 3.8) is 0 Å². The van der Waals surface area contributed by atoms with E-state index in [1.807, 2.05) is 45.0 Å². The summed E-state index contributed by atoms with van der Waals surface area (Å²) in [6.07, 6.45) is 0. The number of rotatable bonds is 6. The van der Waals surface area contributed by atoms with Gasteiger partial charge in [0.15, 0.2) is 0 Å². The molecular formula is C18H24N2O3S. The van der Waals surface area contributed by atoms with Crippen LogP contribution in [0.5, 0.6) is 5.75 Å². The van der Waals surface area contributed by atoms with Crippen molar-refractivity contribution in [1.82, 2.24) is 9.88 Å². The van der Waals surface area contributed by atoms with Crippen molar-refractivity contribution in [3.05, 3.63) is 45.9 Å². The fourth-order valence-electron chi connectivity index (χ4n) is 2.49. The summed E-state index contributed by atoms with van der Waals surface area (Å²) in [5.74, 6) is 0.621. The van der Waals surface area contributed by atoms with Gasteiger partial charge in [0.25, 0.3) is 5.91 Å². The first-order valence-electron chi connectivity index (χ1n) is 7.84. The summed E-state index contributed by atoms with van der Waals surface area (Å²) in [6.45, 7) is 6.66. The molecule has 24 heavy (non-hydrogen) atoms. The van der Waals surface area contributed by atoms with Crippen LogP contribution in [0.15, 0.2) is 29.8 Å². The van der Waals surface area contributed by atoms with Crippen molar-refractivity contribution in [1.29, 1.82) is 0 Å². The molecule has 0 spiro atoms.